The maximum atomic E-state index is 6.42. The Labute approximate surface area is 310 Å². The third-order valence-electron chi connectivity index (χ3n) is 11.1. The summed E-state index contributed by atoms with van der Waals surface area (Å²) in [5.74, 6) is 0. The first-order valence-corrected chi connectivity index (χ1v) is 18.3. The van der Waals surface area contributed by atoms with Crippen molar-refractivity contribution in [1.82, 2.24) is 0 Å². The average Bonchev–Trinajstić information content (AvgIpc) is 3.71. The van der Waals surface area contributed by atoms with E-state index in [1.807, 2.05) is 12.1 Å². The van der Waals surface area contributed by atoms with Crippen LogP contribution in [0.4, 0.5) is 17.1 Å². The third kappa shape index (κ3) is 5.10. The first-order chi connectivity index (χ1) is 26.0. The molecule has 0 saturated carbocycles. The third-order valence-corrected chi connectivity index (χ3v) is 11.1. The van der Waals surface area contributed by atoms with Gasteiger partial charge in [-0.25, -0.2) is 0 Å². The van der Waals surface area contributed by atoms with Crippen LogP contribution in [-0.4, -0.2) is 0 Å². The van der Waals surface area contributed by atoms with E-state index < -0.39 is 0 Å². The largest absolute Gasteiger partial charge is 0.455 e. The van der Waals surface area contributed by atoms with Crippen LogP contribution >= 0.6 is 0 Å². The molecule has 0 unspecified atom stereocenters. The summed E-state index contributed by atoms with van der Waals surface area (Å²) in [6, 6.07) is 67.8. The predicted molar refractivity (Wildman–Crippen MR) is 222 cm³/mol. The fraction of sp³-hybridized carbons (Fsp3) is 0.0588. The van der Waals surface area contributed by atoms with Crippen LogP contribution in [0.5, 0.6) is 0 Å². The highest BCUT2D eigenvalue weighted by molar-refractivity contribution is 6.09. The van der Waals surface area contributed by atoms with Crippen molar-refractivity contribution < 1.29 is 4.42 Å². The molecule has 10 rings (SSSR count). The molecule has 1 heterocycles. The van der Waals surface area contributed by atoms with E-state index >= 15 is 0 Å². The molecule has 252 valence electrons. The molecule has 1 aliphatic carbocycles. The number of furan rings is 1. The van der Waals surface area contributed by atoms with Crippen molar-refractivity contribution >= 4 is 39.0 Å². The van der Waals surface area contributed by atoms with Gasteiger partial charge >= 0.3 is 0 Å². The van der Waals surface area contributed by atoms with Crippen LogP contribution in [0.3, 0.4) is 0 Å². The van der Waals surface area contributed by atoms with Crippen LogP contribution in [0.2, 0.25) is 0 Å². The summed E-state index contributed by atoms with van der Waals surface area (Å²) < 4.78 is 6.42. The zero-order chi connectivity index (χ0) is 35.5. The summed E-state index contributed by atoms with van der Waals surface area (Å²) >= 11 is 0. The lowest BCUT2D eigenvalue weighted by atomic mass is 9.82. The van der Waals surface area contributed by atoms with Crippen LogP contribution in [0, 0.1) is 0 Å². The van der Waals surface area contributed by atoms with Gasteiger partial charge in [0.2, 0.25) is 0 Å². The average molecular weight is 680 g/mol. The lowest BCUT2D eigenvalue weighted by molar-refractivity contribution is 0.660. The monoisotopic (exact) mass is 679 g/mol. The van der Waals surface area contributed by atoms with Gasteiger partial charge in [-0.15, -0.1) is 0 Å². The Morgan fingerprint density at radius 1 is 0.396 bits per heavy atom. The molecule has 1 aromatic heterocycles. The lowest BCUT2D eigenvalue weighted by Crippen LogP contribution is -2.14. The minimum Gasteiger partial charge on any atom is -0.455 e. The molecule has 0 aliphatic heterocycles. The molecular weight excluding hydrogens is 643 g/mol. The number of hydrogen-bond donors (Lipinski definition) is 0. The van der Waals surface area contributed by atoms with Gasteiger partial charge in [-0.2, -0.15) is 0 Å². The van der Waals surface area contributed by atoms with E-state index in [-0.39, 0.29) is 5.41 Å². The van der Waals surface area contributed by atoms with Crippen LogP contribution in [0.1, 0.15) is 25.0 Å². The molecule has 0 amide bonds. The van der Waals surface area contributed by atoms with E-state index in [1.54, 1.807) is 0 Å². The van der Waals surface area contributed by atoms with E-state index in [0.717, 1.165) is 50.1 Å². The van der Waals surface area contributed by atoms with Gasteiger partial charge in [-0.3, -0.25) is 0 Å². The molecule has 1 aliphatic rings. The maximum absolute atomic E-state index is 6.42. The molecule has 0 saturated heterocycles. The van der Waals surface area contributed by atoms with Gasteiger partial charge < -0.3 is 9.32 Å². The lowest BCUT2D eigenvalue weighted by Gasteiger charge is -2.28. The van der Waals surface area contributed by atoms with Crippen LogP contribution in [-0.2, 0) is 5.41 Å². The number of rotatable bonds is 6. The molecule has 53 heavy (non-hydrogen) atoms. The smallest absolute Gasteiger partial charge is 0.143 e. The van der Waals surface area contributed by atoms with E-state index in [1.165, 1.54) is 44.5 Å². The topological polar surface area (TPSA) is 16.4 Å². The number of benzene rings is 8. The van der Waals surface area contributed by atoms with E-state index in [0.29, 0.717) is 0 Å². The Morgan fingerprint density at radius 2 is 0.962 bits per heavy atom. The fourth-order valence-electron chi connectivity index (χ4n) is 8.43. The van der Waals surface area contributed by atoms with Crippen molar-refractivity contribution in [1.29, 1.82) is 0 Å². The second-order valence-corrected chi connectivity index (χ2v) is 14.5. The molecule has 8 aromatic carbocycles. The molecule has 9 aromatic rings. The van der Waals surface area contributed by atoms with Gasteiger partial charge in [-0.1, -0.05) is 159 Å². The van der Waals surface area contributed by atoms with E-state index in [4.69, 9.17) is 4.42 Å². The van der Waals surface area contributed by atoms with Gasteiger partial charge in [0, 0.05) is 38.7 Å². The maximum Gasteiger partial charge on any atom is 0.143 e. The Hall–Kier alpha value is -6.64. The Bertz CT molecular complexity index is 2790. The molecular formula is C51H37NO. The van der Waals surface area contributed by atoms with Gasteiger partial charge in [0.1, 0.15) is 11.2 Å². The quantitative estimate of drug-likeness (QED) is 0.174. The molecule has 0 spiro atoms. The number of fused-ring (bicyclic) bond motifs is 6. The molecule has 0 radical (unpaired) electrons. The molecule has 2 nitrogen and oxygen atoms in total. The zero-order valence-electron chi connectivity index (χ0n) is 29.8. The van der Waals surface area contributed by atoms with Crippen molar-refractivity contribution in [2.24, 2.45) is 0 Å². The normalized spacial score (nSPS) is 12.9. The van der Waals surface area contributed by atoms with Gasteiger partial charge in [0.25, 0.3) is 0 Å². The van der Waals surface area contributed by atoms with Crippen LogP contribution in [0.25, 0.3) is 66.4 Å². The number of hydrogen-bond acceptors (Lipinski definition) is 2. The van der Waals surface area contributed by atoms with Gasteiger partial charge in [0.15, 0.2) is 0 Å². The summed E-state index contributed by atoms with van der Waals surface area (Å²) in [5.41, 5.74) is 17.5. The summed E-state index contributed by atoms with van der Waals surface area (Å²) in [4.78, 5) is 2.39. The summed E-state index contributed by atoms with van der Waals surface area (Å²) in [5, 5.41) is 2.28. The predicted octanol–water partition coefficient (Wildman–Crippen LogP) is 14.4. The minimum atomic E-state index is -0.0367. The standard InChI is InChI=1S/C51H37NO/c1-51(2)46-20-9-6-16-42(46)45-33-37(27-32-47(45)51)40-15-7-10-21-48(40)52(38-28-23-35(24-29-38)34-13-4-3-5-14-34)39-30-25-36(26-31-39)41-18-12-19-44-43-17-8-11-22-49(43)53-50(41)44/h3-33H,1-2H3. The minimum absolute atomic E-state index is 0.0367. The number of anilines is 3. The van der Waals surface area contributed by atoms with Crippen LogP contribution in [0.15, 0.2) is 192 Å². The van der Waals surface area contributed by atoms with Crippen molar-refractivity contribution in [2.45, 2.75) is 19.3 Å². The molecule has 0 N–H and O–H groups in total. The second-order valence-electron chi connectivity index (χ2n) is 14.5. The first kappa shape index (κ1) is 31.1. The molecule has 0 atom stereocenters. The summed E-state index contributed by atoms with van der Waals surface area (Å²) in [6.45, 7) is 4.68. The zero-order valence-corrected chi connectivity index (χ0v) is 29.8. The second kappa shape index (κ2) is 12.3. The Balaban J connectivity index is 1.11. The summed E-state index contributed by atoms with van der Waals surface area (Å²) in [7, 11) is 0. The first-order valence-electron chi connectivity index (χ1n) is 18.3. The molecule has 0 bridgehead atoms. The van der Waals surface area contributed by atoms with E-state index in [2.05, 4.69) is 195 Å². The van der Waals surface area contributed by atoms with Gasteiger partial charge in [0.05, 0.1) is 5.69 Å². The van der Waals surface area contributed by atoms with Crippen molar-refractivity contribution in [3.63, 3.8) is 0 Å². The highest BCUT2D eigenvalue weighted by atomic mass is 16.3. The summed E-state index contributed by atoms with van der Waals surface area (Å²) in [6.07, 6.45) is 0. The fourth-order valence-corrected chi connectivity index (χ4v) is 8.43. The molecule has 0 fully saturated rings. The SMILES string of the molecule is CC1(C)c2ccccc2-c2cc(-c3ccccc3N(c3ccc(-c4ccccc4)cc3)c3ccc(-c4cccc5c4oc4ccccc45)cc3)ccc21. The van der Waals surface area contributed by atoms with Gasteiger partial charge in [-0.05, 0) is 87.0 Å². The highest BCUT2D eigenvalue weighted by Crippen LogP contribution is 2.51. The Morgan fingerprint density at radius 3 is 1.75 bits per heavy atom. The number of para-hydroxylation sites is 3. The highest BCUT2D eigenvalue weighted by Gasteiger charge is 2.35. The number of nitrogens with zero attached hydrogens (tertiary/aromatic N) is 1. The molecule has 2 heteroatoms. The Kier molecular flexibility index (Phi) is 7.19. The van der Waals surface area contributed by atoms with Crippen LogP contribution < -0.4 is 4.90 Å². The van der Waals surface area contributed by atoms with Crippen molar-refractivity contribution in [3.05, 3.63) is 199 Å². The van der Waals surface area contributed by atoms with Crippen molar-refractivity contribution in [3.8, 4) is 44.5 Å². The van der Waals surface area contributed by atoms with Crippen molar-refractivity contribution in [2.75, 3.05) is 4.90 Å². The van der Waals surface area contributed by atoms with E-state index in [9.17, 15) is 0 Å².